The Kier molecular flexibility index (Phi) is 4.60. The largest absolute Gasteiger partial charge is 0.366 e. The lowest BCUT2D eigenvalue weighted by atomic mass is 10.3. The summed E-state index contributed by atoms with van der Waals surface area (Å²) in [4.78, 5) is 12.4. The Balaban J connectivity index is 1.79. The number of nitrogens with one attached hydrogen (secondary N) is 2. The molecule has 5 nitrogen and oxygen atoms in total. The molecule has 0 aliphatic carbocycles. The van der Waals surface area contributed by atoms with E-state index in [4.69, 9.17) is 0 Å². The molecule has 2 heterocycles. The third-order valence-corrected chi connectivity index (χ3v) is 3.25. The second-order valence-electron chi connectivity index (χ2n) is 5.15. The predicted molar refractivity (Wildman–Crippen MR) is 88.0 cm³/mol. The van der Waals surface area contributed by atoms with E-state index in [1.807, 2.05) is 12.1 Å². The summed E-state index contributed by atoms with van der Waals surface area (Å²) in [5, 5.41) is 5.73. The molecule has 0 atom stereocenters. The van der Waals surface area contributed by atoms with Gasteiger partial charge in [0.25, 0.3) is 0 Å². The van der Waals surface area contributed by atoms with Crippen molar-refractivity contribution in [2.75, 3.05) is 10.6 Å². The smallest absolute Gasteiger partial charge is 0.229 e. The number of aryl methyl sites for hydroxylation is 1. The number of hydrogen-bond donors (Lipinski definition) is 2. The van der Waals surface area contributed by atoms with Gasteiger partial charge in [0.15, 0.2) is 0 Å². The number of anilines is 3. The van der Waals surface area contributed by atoms with Crippen LogP contribution in [0.2, 0.25) is 0 Å². The lowest BCUT2D eigenvalue weighted by Crippen LogP contribution is -2.07. The molecule has 0 saturated heterocycles. The zero-order valence-corrected chi connectivity index (χ0v) is 12.9. The van der Waals surface area contributed by atoms with Gasteiger partial charge in [0.1, 0.15) is 23.1 Å². The number of nitrogens with zero attached hydrogens (tertiary/aromatic N) is 3. The molecule has 0 aliphatic heterocycles. The molecule has 0 saturated carbocycles. The van der Waals surface area contributed by atoms with Crippen molar-refractivity contribution in [1.29, 1.82) is 0 Å². The fourth-order valence-corrected chi connectivity index (χ4v) is 2.14. The highest BCUT2D eigenvalue weighted by Gasteiger charge is 2.11. The van der Waals surface area contributed by atoms with Gasteiger partial charge in [0.2, 0.25) is 5.95 Å². The molecule has 0 spiro atoms. The minimum Gasteiger partial charge on any atom is -0.366 e. The Morgan fingerprint density at radius 1 is 1.04 bits per heavy atom. The molecule has 2 N–H and O–H groups in total. The predicted octanol–water partition coefficient (Wildman–Crippen LogP) is 3.81. The van der Waals surface area contributed by atoms with Crippen LogP contribution in [0.25, 0.3) is 0 Å². The van der Waals surface area contributed by atoms with Crippen molar-refractivity contribution in [3.63, 3.8) is 0 Å². The van der Waals surface area contributed by atoms with Gasteiger partial charge in [0.05, 0.1) is 0 Å². The van der Waals surface area contributed by atoms with Gasteiger partial charge in [-0.1, -0.05) is 12.1 Å². The first-order chi connectivity index (χ1) is 11.6. The van der Waals surface area contributed by atoms with Crippen LogP contribution in [0.5, 0.6) is 0 Å². The highest BCUT2D eigenvalue weighted by Crippen LogP contribution is 2.22. The maximum absolute atomic E-state index is 13.7. The van der Waals surface area contributed by atoms with Gasteiger partial charge in [-0.15, -0.1) is 0 Å². The van der Waals surface area contributed by atoms with Gasteiger partial charge in [0, 0.05) is 30.7 Å². The molecule has 3 rings (SSSR count). The van der Waals surface area contributed by atoms with Crippen molar-refractivity contribution in [2.24, 2.45) is 0 Å². The lowest BCUT2D eigenvalue weighted by Gasteiger charge is -2.11. The minimum absolute atomic E-state index is 0.118. The molecule has 0 radical (unpaired) electrons. The van der Waals surface area contributed by atoms with Gasteiger partial charge in [-0.3, -0.25) is 4.98 Å². The van der Waals surface area contributed by atoms with Gasteiger partial charge >= 0.3 is 0 Å². The molecular formula is C17H15F2N5. The maximum Gasteiger partial charge on any atom is 0.229 e. The number of benzene rings is 1. The topological polar surface area (TPSA) is 62.7 Å². The summed E-state index contributed by atoms with van der Waals surface area (Å²) in [6.07, 6.45) is 3.44. The summed E-state index contributed by atoms with van der Waals surface area (Å²) in [5.74, 6) is -0.742. The first kappa shape index (κ1) is 15.8. The Hall–Kier alpha value is -3.09. The number of halogens is 2. The van der Waals surface area contributed by atoms with E-state index in [1.165, 1.54) is 18.2 Å². The van der Waals surface area contributed by atoms with Crippen molar-refractivity contribution in [2.45, 2.75) is 13.5 Å². The van der Waals surface area contributed by atoms with E-state index < -0.39 is 11.6 Å². The van der Waals surface area contributed by atoms with E-state index in [0.29, 0.717) is 18.1 Å². The average Bonchev–Trinajstić information content (AvgIpc) is 2.57. The fraction of sp³-hybridized carbons (Fsp3) is 0.118. The Bertz CT molecular complexity index is 819. The van der Waals surface area contributed by atoms with Crippen LogP contribution in [0.15, 0.2) is 48.8 Å². The maximum atomic E-state index is 13.7. The van der Waals surface area contributed by atoms with Gasteiger partial charge in [-0.25, -0.2) is 13.8 Å². The molecule has 0 amide bonds. The highest BCUT2D eigenvalue weighted by atomic mass is 19.1. The van der Waals surface area contributed by atoms with Crippen molar-refractivity contribution in [3.05, 3.63) is 71.7 Å². The van der Waals surface area contributed by atoms with Crippen LogP contribution in [0, 0.1) is 18.6 Å². The zero-order chi connectivity index (χ0) is 16.9. The molecular weight excluding hydrogens is 312 g/mol. The molecule has 7 heteroatoms. The molecule has 0 aliphatic rings. The Labute approximate surface area is 137 Å². The summed E-state index contributed by atoms with van der Waals surface area (Å²) in [7, 11) is 0. The van der Waals surface area contributed by atoms with E-state index in [2.05, 4.69) is 25.6 Å². The van der Waals surface area contributed by atoms with Crippen LogP contribution in [-0.4, -0.2) is 15.0 Å². The number of hydrogen-bond acceptors (Lipinski definition) is 5. The monoisotopic (exact) mass is 327 g/mol. The summed E-state index contributed by atoms with van der Waals surface area (Å²) in [6.45, 7) is 2.30. The van der Waals surface area contributed by atoms with Crippen molar-refractivity contribution in [1.82, 2.24) is 15.0 Å². The molecule has 2 aromatic heterocycles. The molecule has 0 bridgehead atoms. The number of para-hydroxylation sites is 1. The summed E-state index contributed by atoms with van der Waals surface area (Å²) in [6, 6.07) is 9.16. The highest BCUT2D eigenvalue weighted by molar-refractivity contribution is 5.56. The normalized spacial score (nSPS) is 10.5. The van der Waals surface area contributed by atoms with E-state index >= 15 is 0 Å². The Morgan fingerprint density at radius 3 is 2.54 bits per heavy atom. The third kappa shape index (κ3) is 3.81. The van der Waals surface area contributed by atoms with Gasteiger partial charge in [-0.05, 0) is 30.7 Å². The molecule has 0 fully saturated rings. The summed E-state index contributed by atoms with van der Waals surface area (Å²) >= 11 is 0. The number of rotatable bonds is 5. The van der Waals surface area contributed by atoms with E-state index in [1.54, 1.807) is 25.4 Å². The SMILES string of the molecule is Cc1cc(NCc2cccnc2)nc(Nc2c(F)cccc2F)n1. The van der Waals surface area contributed by atoms with Crippen LogP contribution >= 0.6 is 0 Å². The van der Waals surface area contributed by atoms with E-state index in [0.717, 1.165) is 5.56 Å². The van der Waals surface area contributed by atoms with E-state index in [-0.39, 0.29) is 11.6 Å². The third-order valence-electron chi connectivity index (χ3n) is 3.25. The standard InChI is InChI=1S/C17H15F2N5/c1-11-8-15(21-10-12-4-3-7-20-9-12)23-17(22-11)24-16-13(18)5-2-6-14(16)19/h2-9H,10H2,1H3,(H2,21,22,23,24). The van der Waals surface area contributed by atoms with Crippen molar-refractivity contribution < 1.29 is 8.78 Å². The quantitative estimate of drug-likeness (QED) is 0.746. The second kappa shape index (κ2) is 6.99. The molecule has 122 valence electrons. The second-order valence-corrected chi connectivity index (χ2v) is 5.15. The fourth-order valence-electron chi connectivity index (χ4n) is 2.14. The van der Waals surface area contributed by atoms with Crippen LogP contribution in [0.1, 0.15) is 11.3 Å². The van der Waals surface area contributed by atoms with Crippen LogP contribution in [0.3, 0.4) is 0 Å². The molecule has 3 aromatic rings. The average molecular weight is 327 g/mol. The van der Waals surface area contributed by atoms with Gasteiger partial charge < -0.3 is 10.6 Å². The van der Waals surface area contributed by atoms with Gasteiger partial charge in [-0.2, -0.15) is 4.98 Å². The van der Waals surface area contributed by atoms with Crippen LogP contribution < -0.4 is 10.6 Å². The molecule has 1 aromatic carbocycles. The lowest BCUT2D eigenvalue weighted by molar-refractivity contribution is 0.590. The van der Waals surface area contributed by atoms with Crippen LogP contribution in [0.4, 0.5) is 26.2 Å². The first-order valence-electron chi connectivity index (χ1n) is 7.31. The summed E-state index contributed by atoms with van der Waals surface area (Å²) in [5.41, 5.74) is 1.38. The molecule has 24 heavy (non-hydrogen) atoms. The van der Waals surface area contributed by atoms with Crippen molar-refractivity contribution >= 4 is 17.5 Å². The van der Waals surface area contributed by atoms with Crippen molar-refractivity contribution in [3.8, 4) is 0 Å². The number of aromatic nitrogens is 3. The summed E-state index contributed by atoms with van der Waals surface area (Å²) < 4.78 is 27.5. The Morgan fingerprint density at radius 2 is 1.83 bits per heavy atom. The minimum atomic E-state index is -0.704. The molecule has 0 unspecified atom stereocenters. The zero-order valence-electron chi connectivity index (χ0n) is 12.9. The first-order valence-corrected chi connectivity index (χ1v) is 7.31. The van der Waals surface area contributed by atoms with Crippen LogP contribution in [-0.2, 0) is 6.54 Å². The number of pyridine rings is 1. The van der Waals surface area contributed by atoms with E-state index in [9.17, 15) is 8.78 Å².